The highest BCUT2D eigenvalue weighted by Gasteiger charge is 2.12. The van der Waals surface area contributed by atoms with Crippen LogP contribution in [0.5, 0.6) is 0 Å². The molecule has 1 atom stereocenters. The van der Waals surface area contributed by atoms with Crippen LogP contribution in [0.3, 0.4) is 0 Å². The second-order valence-electron chi connectivity index (χ2n) is 3.80. The van der Waals surface area contributed by atoms with Gasteiger partial charge in [-0.15, -0.1) is 11.3 Å². The Kier molecular flexibility index (Phi) is 3.27. The van der Waals surface area contributed by atoms with Crippen LogP contribution in [0.25, 0.3) is 10.2 Å². The first-order valence-corrected chi connectivity index (χ1v) is 8.01. The summed E-state index contributed by atoms with van der Waals surface area (Å²) >= 11 is 7.25. The molecular formula is C13H10BrNS2. The summed E-state index contributed by atoms with van der Waals surface area (Å²) in [5.41, 5.74) is 2.45. The van der Waals surface area contributed by atoms with Gasteiger partial charge >= 0.3 is 0 Å². The number of para-hydroxylation sites is 1. The lowest BCUT2D eigenvalue weighted by Crippen LogP contribution is -1.92. The maximum atomic E-state index is 4.65. The van der Waals surface area contributed by atoms with Crippen LogP contribution in [0.4, 0.5) is 0 Å². The second kappa shape index (κ2) is 4.88. The predicted octanol–water partition coefficient (Wildman–Crippen LogP) is 5.04. The highest BCUT2D eigenvalue weighted by molar-refractivity contribution is 9.09. The number of fused-ring (bicyclic) bond motifs is 1. The van der Waals surface area contributed by atoms with E-state index < -0.39 is 0 Å². The lowest BCUT2D eigenvalue weighted by molar-refractivity contribution is 0.943. The van der Waals surface area contributed by atoms with Crippen molar-refractivity contribution < 1.29 is 0 Å². The number of hydrogen-bond acceptors (Lipinski definition) is 3. The van der Waals surface area contributed by atoms with Crippen molar-refractivity contribution in [2.75, 3.05) is 0 Å². The third kappa shape index (κ3) is 2.44. The molecule has 0 aliphatic heterocycles. The topological polar surface area (TPSA) is 12.9 Å². The lowest BCUT2D eigenvalue weighted by atomic mass is 10.2. The van der Waals surface area contributed by atoms with Crippen molar-refractivity contribution in [3.05, 3.63) is 51.7 Å². The van der Waals surface area contributed by atoms with Crippen LogP contribution in [0.1, 0.15) is 15.4 Å². The molecule has 0 amide bonds. The molecule has 17 heavy (non-hydrogen) atoms. The molecule has 2 aromatic heterocycles. The number of benzene rings is 1. The van der Waals surface area contributed by atoms with Gasteiger partial charge in [0.25, 0.3) is 0 Å². The monoisotopic (exact) mass is 323 g/mol. The molecule has 3 aromatic rings. The van der Waals surface area contributed by atoms with Crippen LogP contribution in [0.2, 0.25) is 0 Å². The van der Waals surface area contributed by atoms with E-state index in [1.807, 2.05) is 6.07 Å². The van der Waals surface area contributed by atoms with Crippen molar-refractivity contribution in [3.63, 3.8) is 0 Å². The standard InChI is InChI=1S/C13H10BrNS2/c14-10(9-5-6-16-8-9)7-13-15-11-3-1-2-4-12(11)17-13/h1-6,8,10H,7H2. The molecular weight excluding hydrogens is 314 g/mol. The van der Waals surface area contributed by atoms with Crippen molar-refractivity contribution in [1.29, 1.82) is 0 Å². The second-order valence-corrected chi connectivity index (χ2v) is 6.80. The van der Waals surface area contributed by atoms with Gasteiger partial charge in [-0.3, -0.25) is 0 Å². The van der Waals surface area contributed by atoms with Crippen molar-refractivity contribution in [1.82, 2.24) is 4.98 Å². The van der Waals surface area contributed by atoms with E-state index in [2.05, 4.69) is 55.9 Å². The van der Waals surface area contributed by atoms with Crippen LogP contribution >= 0.6 is 38.6 Å². The van der Waals surface area contributed by atoms with E-state index in [0.717, 1.165) is 11.9 Å². The van der Waals surface area contributed by atoms with E-state index in [4.69, 9.17) is 0 Å². The number of thiazole rings is 1. The zero-order valence-corrected chi connectivity index (χ0v) is 12.2. The summed E-state index contributed by atoms with van der Waals surface area (Å²) in [6.07, 6.45) is 0.954. The van der Waals surface area contributed by atoms with Crippen LogP contribution in [-0.2, 0) is 6.42 Å². The van der Waals surface area contributed by atoms with Crippen molar-refractivity contribution in [2.24, 2.45) is 0 Å². The summed E-state index contributed by atoms with van der Waals surface area (Å²) in [5.74, 6) is 0. The highest BCUT2D eigenvalue weighted by atomic mass is 79.9. The maximum Gasteiger partial charge on any atom is 0.0953 e. The van der Waals surface area contributed by atoms with Crippen molar-refractivity contribution >= 4 is 48.8 Å². The third-order valence-electron chi connectivity index (χ3n) is 2.60. The summed E-state index contributed by atoms with van der Waals surface area (Å²) < 4.78 is 1.27. The summed E-state index contributed by atoms with van der Waals surface area (Å²) in [6.45, 7) is 0. The Labute approximate surface area is 116 Å². The summed E-state index contributed by atoms with van der Waals surface area (Å²) in [7, 11) is 0. The minimum absolute atomic E-state index is 0.370. The molecule has 1 aromatic carbocycles. The SMILES string of the molecule is BrC(Cc1nc2ccccc2s1)c1ccsc1. The number of hydrogen-bond donors (Lipinski definition) is 0. The average Bonchev–Trinajstić information content (AvgIpc) is 2.97. The quantitative estimate of drug-likeness (QED) is 0.615. The molecule has 86 valence electrons. The fourth-order valence-electron chi connectivity index (χ4n) is 1.73. The predicted molar refractivity (Wildman–Crippen MR) is 79.3 cm³/mol. The first-order valence-electron chi connectivity index (χ1n) is 5.33. The number of thiophene rings is 1. The fourth-order valence-corrected chi connectivity index (χ4v) is 4.44. The van der Waals surface area contributed by atoms with Crippen LogP contribution in [-0.4, -0.2) is 4.98 Å². The largest absolute Gasteiger partial charge is 0.241 e. The molecule has 1 unspecified atom stereocenters. The molecule has 0 spiro atoms. The van der Waals surface area contributed by atoms with E-state index in [1.165, 1.54) is 15.3 Å². The molecule has 4 heteroatoms. The first-order chi connectivity index (χ1) is 8.33. The van der Waals surface area contributed by atoms with Crippen LogP contribution in [0, 0.1) is 0 Å². The fraction of sp³-hybridized carbons (Fsp3) is 0.154. The molecule has 0 N–H and O–H groups in total. The Bertz CT molecular complexity index is 582. The number of nitrogens with zero attached hydrogens (tertiary/aromatic N) is 1. The van der Waals surface area contributed by atoms with Gasteiger partial charge < -0.3 is 0 Å². The molecule has 0 aliphatic rings. The van der Waals surface area contributed by atoms with E-state index in [-0.39, 0.29) is 0 Å². The van der Waals surface area contributed by atoms with Gasteiger partial charge in [-0.1, -0.05) is 28.1 Å². The summed E-state index contributed by atoms with van der Waals surface area (Å²) in [6, 6.07) is 10.5. The van der Waals surface area contributed by atoms with Crippen LogP contribution < -0.4 is 0 Å². The van der Waals surface area contributed by atoms with Gasteiger partial charge in [0, 0.05) is 11.2 Å². The van der Waals surface area contributed by atoms with Crippen LogP contribution in [0.15, 0.2) is 41.1 Å². The molecule has 0 aliphatic carbocycles. The van der Waals surface area contributed by atoms with Gasteiger partial charge in [0.2, 0.25) is 0 Å². The Balaban J connectivity index is 1.85. The van der Waals surface area contributed by atoms with Gasteiger partial charge in [0.15, 0.2) is 0 Å². The molecule has 2 heterocycles. The molecule has 3 rings (SSSR count). The average molecular weight is 324 g/mol. The van der Waals surface area contributed by atoms with E-state index in [0.29, 0.717) is 4.83 Å². The van der Waals surface area contributed by atoms with Gasteiger partial charge in [-0.25, -0.2) is 4.98 Å². The Morgan fingerprint density at radius 1 is 1.24 bits per heavy atom. The van der Waals surface area contributed by atoms with Crippen molar-refractivity contribution in [3.8, 4) is 0 Å². The Morgan fingerprint density at radius 2 is 2.12 bits per heavy atom. The highest BCUT2D eigenvalue weighted by Crippen LogP contribution is 2.31. The number of halogens is 1. The summed E-state index contributed by atoms with van der Waals surface area (Å²) in [4.78, 5) is 5.02. The van der Waals surface area contributed by atoms with Gasteiger partial charge in [-0.2, -0.15) is 11.3 Å². The molecule has 0 fully saturated rings. The normalized spacial score (nSPS) is 13.0. The van der Waals surface area contributed by atoms with E-state index in [9.17, 15) is 0 Å². The Hall–Kier alpha value is -0.710. The zero-order valence-electron chi connectivity index (χ0n) is 8.97. The molecule has 0 saturated carbocycles. The third-order valence-corrected chi connectivity index (χ3v) is 5.21. The van der Waals surface area contributed by atoms with Gasteiger partial charge in [0.1, 0.15) is 0 Å². The molecule has 1 nitrogen and oxygen atoms in total. The van der Waals surface area contributed by atoms with Crippen molar-refractivity contribution in [2.45, 2.75) is 11.2 Å². The van der Waals surface area contributed by atoms with Gasteiger partial charge in [0.05, 0.1) is 15.2 Å². The smallest absolute Gasteiger partial charge is 0.0953 e. The zero-order chi connectivity index (χ0) is 11.7. The van der Waals surface area contributed by atoms with Gasteiger partial charge in [-0.05, 0) is 34.5 Å². The Morgan fingerprint density at radius 3 is 2.88 bits per heavy atom. The lowest BCUT2D eigenvalue weighted by Gasteiger charge is -2.04. The number of alkyl halides is 1. The number of aromatic nitrogens is 1. The minimum Gasteiger partial charge on any atom is -0.241 e. The maximum absolute atomic E-state index is 4.65. The number of rotatable bonds is 3. The minimum atomic E-state index is 0.370. The molecule has 0 saturated heterocycles. The summed E-state index contributed by atoms with van der Waals surface area (Å²) in [5, 5.41) is 5.49. The van der Waals surface area contributed by atoms with E-state index in [1.54, 1.807) is 22.7 Å². The van der Waals surface area contributed by atoms with E-state index >= 15 is 0 Å². The molecule has 0 radical (unpaired) electrons. The first kappa shape index (κ1) is 11.4. The molecule has 0 bridgehead atoms.